The van der Waals surface area contributed by atoms with Gasteiger partial charge in [0.2, 0.25) is 0 Å². The predicted octanol–water partition coefficient (Wildman–Crippen LogP) is 8.09. The van der Waals surface area contributed by atoms with Crippen molar-refractivity contribution in [3.8, 4) is 0 Å². The molecule has 6 heteroatoms. The molecule has 3 saturated heterocycles. The van der Waals surface area contributed by atoms with Gasteiger partial charge >= 0.3 is 0 Å². The highest BCUT2D eigenvalue weighted by atomic mass is 32.2. The van der Waals surface area contributed by atoms with Crippen molar-refractivity contribution in [2.24, 2.45) is 5.92 Å². The van der Waals surface area contributed by atoms with Crippen molar-refractivity contribution >= 4 is 70.6 Å². The second-order valence-corrected chi connectivity index (χ2v) is 17.3. The lowest BCUT2D eigenvalue weighted by molar-refractivity contribution is 0.505. The van der Waals surface area contributed by atoms with Gasteiger partial charge in [-0.15, -0.1) is 70.6 Å². The first kappa shape index (κ1) is 23.5. The van der Waals surface area contributed by atoms with E-state index in [1.807, 2.05) is 0 Å². The van der Waals surface area contributed by atoms with E-state index in [0.717, 1.165) is 10.5 Å². The van der Waals surface area contributed by atoms with Gasteiger partial charge in [-0.1, -0.05) is 18.6 Å². The van der Waals surface area contributed by atoms with Crippen LogP contribution in [0.4, 0.5) is 0 Å². The maximum absolute atomic E-state index is 2.60. The number of thioether (sulfide) groups is 6. The van der Waals surface area contributed by atoms with Crippen LogP contribution < -0.4 is 0 Å². The first-order valence-corrected chi connectivity index (χ1v) is 16.5. The molecule has 0 unspecified atom stereocenters. The molecule has 3 rings (SSSR count). The molecular formula is C21H36S6. The highest BCUT2D eigenvalue weighted by Gasteiger charge is 2.41. The van der Waals surface area contributed by atoms with Crippen molar-refractivity contribution in [1.29, 1.82) is 0 Å². The summed E-state index contributed by atoms with van der Waals surface area (Å²) >= 11 is 13.6. The maximum atomic E-state index is 2.60. The van der Waals surface area contributed by atoms with E-state index in [2.05, 4.69) is 97.4 Å². The number of hydrogen-bond donors (Lipinski definition) is 0. The Kier molecular flexibility index (Phi) is 9.97. The Balaban J connectivity index is 1.67. The van der Waals surface area contributed by atoms with Gasteiger partial charge in [-0.05, 0) is 92.8 Å². The number of rotatable bonds is 7. The Morgan fingerprint density at radius 2 is 1.41 bits per heavy atom. The molecule has 3 aliphatic heterocycles. The summed E-state index contributed by atoms with van der Waals surface area (Å²) in [6, 6.07) is 0. The molecule has 0 nitrogen and oxygen atoms in total. The molecule has 1 atom stereocenters. The van der Waals surface area contributed by atoms with Crippen LogP contribution in [0.1, 0.15) is 59.3 Å². The summed E-state index contributed by atoms with van der Waals surface area (Å²) in [5, 5.41) is 0. The molecule has 0 bridgehead atoms. The topological polar surface area (TPSA) is 0 Å². The summed E-state index contributed by atoms with van der Waals surface area (Å²) < 4.78 is 1.65. The normalized spacial score (nSPS) is 27.1. The van der Waals surface area contributed by atoms with Crippen LogP contribution in [0.2, 0.25) is 0 Å². The van der Waals surface area contributed by atoms with Gasteiger partial charge in [0.25, 0.3) is 0 Å². The monoisotopic (exact) mass is 480 g/mol. The Morgan fingerprint density at radius 3 is 2.00 bits per heavy atom. The van der Waals surface area contributed by atoms with E-state index in [9.17, 15) is 0 Å². The van der Waals surface area contributed by atoms with Gasteiger partial charge in [-0.3, -0.25) is 0 Å². The molecule has 0 radical (unpaired) electrons. The molecule has 3 heterocycles. The molecule has 27 heavy (non-hydrogen) atoms. The molecule has 0 amide bonds. The Labute approximate surface area is 193 Å². The summed E-state index contributed by atoms with van der Waals surface area (Å²) in [7, 11) is 0. The van der Waals surface area contributed by atoms with E-state index in [-0.39, 0.29) is 0 Å². The van der Waals surface area contributed by atoms with Crippen LogP contribution in [0.25, 0.3) is 0 Å². The van der Waals surface area contributed by atoms with E-state index < -0.39 is 0 Å². The third-order valence-electron chi connectivity index (χ3n) is 5.31. The average molecular weight is 481 g/mol. The van der Waals surface area contributed by atoms with Crippen molar-refractivity contribution < 1.29 is 0 Å². The zero-order valence-electron chi connectivity index (χ0n) is 17.2. The van der Waals surface area contributed by atoms with E-state index >= 15 is 0 Å². The Morgan fingerprint density at radius 1 is 0.852 bits per heavy atom. The molecule has 0 N–H and O–H groups in total. The second kappa shape index (κ2) is 11.5. The predicted molar refractivity (Wildman–Crippen MR) is 140 cm³/mol. The molecule has 0 spiro atoms. The Hall–Kier alpha value is 1.84. The summed E-state index contributed by atoms with van der Waals surface area (Å²) in [5.74, 6) is 9.04. The summed E-state index contributed by atoms with van der Waals surface area (Å²) in [6.45, 7) is 7.12. The smallest absolute Gasteiger partial charge is 0.0794 e. The van der Waals surface area contributed by atoms with Crippen molar-refractivity contribution in [2.75, 3.05) is 34.5 Å². The first-order chi connectivity index (χ1) is 13.0. The lowest BCUT2D eigenvalue weighted by Gasteiger charge is -2.43. The maximum Gasteiger partial charge on any atom is 0.0794 e. The minimum absolute atomic E-state index is 0.347. The van der Waals surface area contributed by atoms with Crippen LogP contribution in [0.3, 0.4) is 0 Å². The highest BCUT2D eigenvalue weighted by Crippen LogP contribution is 2.55. The van der Waals surface area contributed by atoms with Crippen molar-refractivity contribution in [3.63, 3.8) is 0 Å². The lowest BCUT2D eigenvalue weighted by Crippen LogP contribution is -2.34. The van der Waals surface area contributed by atoms with Gasteiger partial charge in [-0.25, -0.2) is 0 Å². The van der Waals surface area contributed by atoms with Gasteiger partial charge in [0.15, 0.2) is 0 Å². The van der Waals surface area contributed by atoms with E-state index in [4.69, 9.17) is 0 Å². The van der Waals surface area contributed by atoms with Gasteiger partial charge in [-0.2, -0.15) is 0 Å². The third kappa shape index (κ3) is 7.19. The molecule has 0 saturated carbocycles. The van der Waals surface area contributed by atoms with Crippen LogP contribution in [0.15, 0.2) is 11.6 Å². The van der Waals surface area contributed by atoms with Crippen LogP contribution >= 0.6 is 70.6 Å². The second-order valence-electron chi connectivity index (χ2n) is 8.19. The summed E-state index contributed by atoms with van der Waals surface area (Å²) in [4.78, 5) is 0. The van der Waals surface area contributed by atoms with Crippen molar-refractivity contribution in [1.82, 2.24) is 0 Å². The van der Waals surface area contributed by atoms with Crippen LogP contribution in [0.5, 0.6) is 0 Å². The van der Waals surface area contributed by atoms with Gasteiger partial charge in [0.1, 0.15) is 0 Å². The van der Waals surface area contributed by atoms with E-state index in [0.29, 0.717) is 8.16 Å². The van der Waals surface area contributed by atoms with E-state index in [1.54, 1.807) is 0 Å². The SMILES string of the molecule is CC(C)=CC1(CCC2(C[C@@H](C)C3SCCCS3)SCCCS2)SCCCS1. The quantitative estimate of drug-likeness (QED) is 0.335. The highest BCUT2D eigenvalue weighted by molar-refractivity contribution is 8.19. The van der Waals surface area contributed by atoms with Gasteiger partial charge < -0.3 is 0 Å². The van der Waals surface area contributed by atoms with Gasteiger partial charge in [0, 0.05) is 0 Å². The number of hydrogen-bond acceptors (Lipinski definition) is 6. The largest absolute Gasteiger partial charge is 0.147 e. The summed E-state index contributed by atoms with van der Waals surface area (Å²) in [6.07, 6.45) is 10.9. The lowest BCUT2D eigenvalue weighted by atomic mass is 10.0. The minimum Gasteiger partial charge on any atom is -0.147 e. The average Bonchev–Trinajstić information content (AvgIpc) is 2.68. The number of allylic oxidation sites excluding steroid dienone is 1. The van der Waals surface area contributed by atoms with Crippen molar-refractivity contribution in [3.05, 3.63) is 11.6 Å². The van der Waals surface area contributed by atoms with Crippen LogP contribution in [-0.4, -0.2) is 47.3 Å². The molecule has 0 aliphatic carbocycles. The zero-order chi connectivity index (χ0) is 19.2. The third-order valence-corrected chi connectivity index (χ3v) is 15.6. The van der Waals surface area contributed by atoms with Gasteiger partial charge in [0.05, 0.1) is 12.7 Å². The fourth-order valence-electron chi connectivity index (χ4n) is 4.10. The van der Waals surface area contributed by atoms with Crippen LogP contribution in [0, 0.1) is 5.92 Å². The molecule has 0 aromatic heterocycles. The first-order valence-electron chi connectivity index (χ1n) is 10.5. The molecular weight excluding hydrogens is 445 g/mol. The fourth-order valence-corrected chi connectivity index (χ4v) is 14.2. The molecule has 3 aliphatic rings. The molecule has 0 aromatic carbocycles. The molecule has 0 aromatic rings. The van der Waals surface area contributed by atoms with E-state index in [1.165, 1.54) is 78.6 Å². The zero-order valence-corrected chi connectivity index (χ0v) is 22.1. The molecule has 156 valence electrons. The minimum atomic E-state index is 0.347. The fraction of sp³-hybridized carbons (Fsp3) is 0.905. The standard InChI is InChI=1S/C21H36S6/c1-17(2)15-20(24-11-5-12-25-20)7-8-21(26-13-6-14-27-21)16-18(3)19-22-9-4-10-23-19/h15,18-19H,4-14,16H2,1-3H3/t18-/m1/s1. The summed E-state index contributed by atoms with van der Waals surface area (Å²) in [5.41, 5.74) is 1.50. The Bertz CT molecular complexity index is 469. The molecule has 3 fully saturated rings. The van der Waals surface area contributed by atoms with Crippen molar-refractivity contribution in [2.45, 2.75) is 72.0 Å². The van der Waals surface area contributed by atoms with Crippen LogP contribution in [-0.2, 0) is 0 Å².